The Hall–Kier alpha value is -2.31. The Bertz CT molecular complexity index is 782. The lowest BCUT2D eigenvalue weighted by molar-refractivity contribution is 0.251. The van der Waals surface area contributed by atoms with Gasteiger partial charge >= 0.3 is 0 Å². The van der Waals surface area contributed by atoms with Gasteiger partial charge in [-0.05, 0) is 48.3 Å². The van der Waals surface area contributed by atoms with Crippen LogP contribution in [0.2, 0.25) is 0 Å². The Morgan fingerprint density at radius 3 is 2.70 bits per heavy atom. The largest absolute Gasteiger partial charge is 0.497 e. The molecule has 6 heteroatoms. The standard InChI is InChI=1S/C21H27N3O2S/c1-25-18-8-9-19(20(14-18)26-2)23-21(27)22-11-5-12-24-13-10-16-6-3-4-7-17(16)15-24/h3-4,6-9,14H,5,10-13,15H2,1-2H3,(H2,22,23,27). The molecule has 1 aliphatic rings. The topological polar surface area (TPSA) is 45.8 Å². The monoisotopic (exact) mass is 385 g/mol. The van der Waals surface area contributed by atoms with E-state index in [-0.39, 0.29) is 0 Å². The maximum absolute atomic E-state index is 5.40. The third-order valence-electron chi connectivity index (χ3n) is 4.80. The van der Waals surface area contributed by atoms with Gasteiger partial charge in [0, 0.05) is 32.2 Å². The highest BCUT2D eigenvalue weighted by Gasteiger charge is 2.14. The first-order valence-electron chi connectivity index (χ1n) is 9.25. The maximum atomic E-state index is 5.40. The zero-order chi connectivity index (χ0) is 19.1. The van der Waals surface area contributed by atoms with Crippen LogP contribution in [0.1, 0.15) is 17.5 Å². The molecule has 144 valence electrons. The summed E-state index contributed by atoms with van der Waals surface area (Å²) in [5.41, 5.74) is 3.77. The van der Waals surface area contributed by atoms with E-state index in [2.05, 4.69) is 39.8 Å². The zero-order valence-electron chi connectivity index (χ0n) is 16.0. The second-order valence-corrected chi connectivity index (χ2v) is 7.00. The molecule has 3 rings (SSSR count). The number of thiocarbonyl (C=S) groups is 1. The Morgan fingerprint density at radius 2 is 1.93 bits per heavy atom. The van der Waals surface area contributed by atoms with Gasteiger partial charge in [0.2, 0.25) is 0 Å². The van der Waals surface area contributed by atoms with Gasteiger partial charge in [-0.3, -0.25) is 4.90 Å². The molecule has 0 aromatic heterocycles. The fraction of sp³-hybridized carbons (Fsp3) is 0.381. The first kappa shape index (κ1) is 19.5. The Balaban J connectivity index is 1.40. The van der Waals surface area contributed by atoms with Gasteiger partial charge in [0.15, 0.2) is 5.11 Å². The molecule has 0 amide bonds. The molecule has 2 aromatic rings. The minimum absolute atomic E-state index is 0.599. The van der Waals surface area contributed by atoms with Crippen LogP contribution in [0.3, 0.4) is 0 Å². The van der Waals surface area contributed by atoms with Crippen LogP contribution in [-0.4, -0.2) is 43.9 Å². The van der Waals surface area contributed by atoms with E-state index in [0.717, 1.165) is 50.5 Å². The Labute approximate surface area is 166 Å². The zero-order valence-corrected chi connectivity index (χ0v) is 16.8. The van der Waals surface area contributed by atoms with Crippen LogP contribution in [0.25, 0.3) is 0 Å². The van der Waals surface area contributed by atoms with Crippen LogP contribution in [-0.2, 0) is 13.0 Å². The Morgan fingerprint density at radius 1 is 1.11 bits per heavy atom. The number of hydrogen-bond donors (Lipinski definition) is 2. The van der Waals surface area contributed by atoms with E-state index in [1.54, 1.807) is 14.2 Å². The molecule has 0 unspecified atom stereocenters. The molecule has 0 radical (unpaired) electrons. The van der Waals surface area contributed by atoms with E-state index in [0.29, 0.717) is 10.9 Å². The van der Waals surface area contributed by atoms with Crippen LogP contribution in [0.5, 0.6) is 11.5 Å². The molecule has 1 heterocycles. The molecule has 0 spiro atoms. The quantitative estimate of drug-likeness (QED) is 0.562. The van der Waals surface area contributed by atoms with Crippen molar-refractivity contribution in [3.63, 3.8) is 0 Å². The molecule has 0 atom stereocenters. The fourth-order valence-electron chi connectivity index (χ4n) is 3.32. The van der Waals surface area contributed by atoms with Crippen molar-refractivity contribution >= 4 is 23.0 Å². The van der Waals surface area contributed by atoms with Crippen molar-refractivity contribution in [2.24, 2.45) is 0 Å². The summed E-state index contributed by atoms with van der Waals surface area (Å²) in [4.78, 5) is 2.51. The molecular weight excluding hydrogens is 358 g/mol. The van der Waals surface area contributed by atoms with Crippen LogP contribution >= 0.6 is 12.2 Å². The van der Waals surface area contributed by atoms with Crippen molar-refractivity contribution in [1.82, 2.24) is 10.2 Å². The van der Waals surface area contributed by atoms with E-state index >= 15 is 0 Å². The minimum atomic E-state index is 0.599. The van der Waals surface area contributed by atoms with E-state index in [9.17, 15) is 0 Å². The smallest absolute Gasteiger partial charge is 0.170 e. The molecule has 0 saturated carbocycles. The third kappa shape index (κ3) is 5.34. The van der Waals surface area contributed by atoms with E-state index in [1.165, 1.54) is 11.1 Å². The van der Waals surface area contributed by atoms with E-state index in [4.69, 9.17) is 21.7 Å². The highest BCUT2D eigenvalue weighted by atomic mass is 32.1. The van der Waals surface area contributed by atoms with Crippen molar-refractivity contribution in [1.29, 1.82) is 0 Å². The summed E-state index contributed by atoms with van der Waals surface area (Å²) in [7, 11) is 3.27. The maximum Gasteiger partial charge on any atom is 0.170 e. The van der Waals surface area contributed by atoms with Gasteiger partial charge in [0.1, 0.15) is 11.5 Å². The number of benzene rings is 2. The normalized spacial score (nSPS) is 13.6. The van der Waals surface area contributed by atoms with Crippen molar-refractivity contribution in [2.75, 3.05) is 39.2 Å². The van der Waals surface area contributed by atoms with Gasteiger partial charge in [-0.2, -0.15) is 0 Å². The first-order valence-corrected chi connectivity index (χ1v) is 9.66. The second-order valence-electron chi connectivity index (χ2n) is 6.60. The molecule has 0 aliphatic carbocycles. The lowest BCUT2D eigenvalue weighted by atomic mass is 10.00. The van der Waals surface area contributed by atoms with E-state index in [1.807, 2.05) is 18.2 Å². The summed E-state index contributed by atoms with van der Waals surface area (Å²) < 4.78 is 10.6. The van der Waals surface area contributed by atoms with Crippen LogP contribution in [0, 0.1) is 0 Å². The average molecular weight is 386 g/mol. The van der Waals surface area contributed by atoms with Crippen LogP contribution < -0.4 is 20.1 Å². The molecule has 0 saturated heterocycles. The number of rotatable bonds is 7. The average Bonchev–Trinajstić information content (AvgIpc) is 2.71. The first-order chi connectivity index (χ1) is 13.2. The summed E-state index contributed by atoms with van der Waals surface area (Å²) >= 11 is 5.40. The summed E-state index contributed by atoms with van der Waals surface area (Å²) in [6.07, 6.45) is 2.19. The molecule has 27 heavy (non-hydrogen) atoms. The third-order valence-corrected chi connectivity index (χ3v) is 5.05. The lowest BCUT2D eigenvalue weighted by Crippen LogP contribution is -2.34. The van der Waals surface area contributed by atoms with Crippen LogP contribution in [0.15, 0.2) is 42.5 Å². The number of hydrogen-bond acceptors (Lipinski definition) is 4. The number of ether oxygens (including phenoxy) is 2. The van der Waals surface area contributed by atoms with Gasteiger partial charge in [-0.15, -0.1) is 0 Å². The molecule has 5 nitrogen and oxygen atoms in total. The number of nitrogens with one attached hydrogen (secondary N) is 2. The SMILES string of the molecule is COc1ccc(NC(=S)NCCCN2CCc3ccccc3C2)c(OC)c1. The molecule has 1 aliphatic heterocycles. The van der Waals surface area contributed by atoms with Crippen molar-refractivity contribution in [3.8, 4) is 11.5 Å². The predicted molar refractivity (Wildman–Crippen MR) is 114 cm³/mol. The number of anilines is 1. The van der Waals surface area contributed by atoms with Crippen molar-refractivity contribution in [3.05, 3.63) is 53.6 Å². The Kier molecular flexibility index (Phi) is 6.90. The number of nitrogens with zero attached hydrogens (tertiary/aromatic N) is 1. The van der Waals surface area contributed by atoms with Crippen molar-refractivity contribution < 1.29 is 9.47 Å². The molecule has 2 aromatic carbocycles. The van der Waals surface area contributed by atoms with Gasteiger partial charge in [0.25, 0.3) is 0 Å². The van der Waals surface area contributed by atoms with Crippen LogP contribution in [0.4, 0.5) is 5.69 Å². The summed E-state index contributed by atoms with van der Waals surface area (Å²) in [6.45, 7) is 4.07. The van der Waals surface area contributed by atoms with Gasteiger partial charge in [-0.25, -0.2) is 0 Å². The molecule has 0 fully saturated rings. The summed E-state index contributed by atoms with van der Waals surface area (Å²) in [5, 5.41) is 7.07. The van der Waals surface area contributed by atoms with Gasteiger partial charge < -0.3 is 20.1 Å². The summed E-state index contributed by atoms with van der Waals surface area (Å²) in [5.74, 6) is 1.45. The highest BCUT2D eigenvalue weighted by Crippen LogP contribution is 2.28. The fourth-order valence-corrected chi connectivity index (χ4v) is 3.53. The number of methoxy groups -OCH3 is 2. The second kappa shape index (κ2) is 9.58. The molecular formula is C21H27N3O2S. The predicted octanol–water partition coefficient (Wildman–Crippen LogP) is 3.44. The molecule has 0 bridgehead atoms. The van der Waals surface area contributed by atoms with Crippen molar-refractivity contribution in [2.45, 2.75) is 19.4 Å². The highest BCUT2D eigenvalue weighted by molar-refractivity contribution is 7.80. The van der Waals surface area contributed by atoms with Gasteiger partial charge in [-0.1, -0.05) is 24.3 Å². The molecule has 2 N–H and O–H groups in total. The number of fused-ring (bicyclic) bond motifs is 1. The van der Waals surface area contributed by atoms with E-state index < -0.39 is 0 Å². The lowest BCUT2D eigenvalue weighted by Gasteiger charge is -2.28. The minimum Gasteiger partial charge on any atom is -0.497 e. The van der Waals surface area contributed by atoms with Gasteiger partial charge in [0.05, 0.1) is 19.9 Å². The summed E-state index contributed by atoms with van der Waals surface area (Å²) in [6, 6.07) is 14.3.